The molecule has 1 aromatic carbocycles. The number of carbonyl (C=O) groups excluding carboxylic acids is 2. The molecule has 1 amide bonds. The Morgan fingerprint density at radius 3 is 2.59 bits per heavy atom. The summed E-state index contributed by atoms with van der Waals surface area (Å²) >= 11 is 0. The molecule has 0 aliphatic carbocycles. The van der Waals surface area contributed by atoms with Crippen LogP contribution in [0.5, 0.6) is 5.75 Å². The number of rotatable bonds is 6. The van der Waals surface area contributed by atoms with Gasteiger partial charge in [-0.3, -0.25) is 9.59 Å². The highest BCUT2D eigenvalue weighted by Crippen LogP contribution is 2.25. The number of Topliss-reactive ketones (excluding diaryl/α,β-unsaturated/α-hetero) is 1. The van der Waals surface area contributed by atoms with E-state index in [0.29, 0.717) is 30.0 Å². The second-order valence-corrected chi connectivity index (χ2v) is 6.19. The molecule has 3 rings (SSSR count). The molecule has 1 aromatic heterocycles. The summed E-state index contributed by atoms with van der Waals surface area (Å²) in [7, 11) is 0. The second-order valence-electron chi connectivity index (χ2n) is 6.19. The molecule has 0 bridgehead atoms. The number of amides is 1. The van der Waals surface area contributed by atoms with Crippen molar-refractivity contribution in [3.05, 3.63) is 48.2 Å². The number of hydrogen-bond donors (Lipinski definition) is 1. The van der Waals surface area contributed by atoms with Crippen molar-refractivity contribution in [2.24, 2.45) is 0 Å². The van der Waals surface area contributed by atoms with Gasteiger partial charge in [-0.2, -0.15) is 8.78 Å². The fourth-order valence-corrected chi connectivity index (χ4v) is 2.94. The van der Waals surface area contributed by atoms with Gasteiger partial charge in [-0.1, -0.05) is 0 Å². The van der Waals surface area contributed by atoms with Crippen LogP contribution in [0.25, 0.3) is 0 Å². The number of alkyl halides is 2. The fraction of sp³-hybridized carbons (Fsp3) is 0.316. The maximum absolute atomic E-state index is 12.8. The lowest BCUT2D eigenvalue weighted by Gasteiger charge is -2.33. The molecule has 2 aromatic rings. The van der Waals surface area contributed by atoms with Crippen LogP contribution in [0.1, 0.15) is 30.1 Å². The predicted molar refractivity (Wildman–Crippen MR) is 96.3 cm³/mol. The Kier molecular flexibility index (Phi) is 5.63. The molecule has 1 saturated heterocycles. The van der Waals surface area contributed by atoms with Crippen LogP contribution in [-0.4, -0.2) is 35.9 Å². The monoisotopic (exact) mass is 375 g/mol. The zero-order valence-electron chi connectivity index (χ0n) is 14.7. The topological polar surface area (TPSA) is 71.5 Å². The van der Waals surface area contributed by atoms with Crippen LogP contribution in [0.4, 0.5) is 20.3 Å². The number of aromatic nitrogens is 1. The van der Waals surface area contributed by atoms with E-state index in [1.54, 1.807) is 29.2 Å². The number of nitrogens with one attached hydrogen (secondary N) is 1. The maximum atomic E-state index is 12.8. The molecule has 1 fully saturated rings. The van der Waals surface area contributed by atoms with Gasteiger partial charge in [0.25, 0.3) is 0 Å². The van der Waals surface area contributed by atoms with Crippen molar-refractivity contribution < 1.29 is 23.1 Å². The Morgan fingerprint density at radius 1 is 1.26 bits per heavy atom. The maximum Gasteiger partial charge on any atom is 0.387 e. The normalized spacial score (nSPS) is 17.1. The Morgan fingerprint density at radius 2 is 2.00 bits per heavy atom. The second kappa shape index (κ2) is 8.11. The molecule has 6 nitrogen and oxygen atoms in total. The number of nitrogens with zero attached hydrogens (tertiary/aromatic N) is 2. The van der Waals surface area contributed by atoms with Gasteiger partial charge >= 0.3 is 6.61 Å². The van der Waals surface area contributed by atoms with Crippen molar-refractivity contribution in [2.45, 2.75) is 32.4 Å². The van der Waals surface area contributed by atoms with Gasteiger partial charge in [0.1, 0.15) is 17.6 Å². The van der Waals surface area contributed by atoms with Crippen molar-refractivity contribution in [3.8, 4) is 5.75 Å². The third-order valence-corrected chi connectivity index (χ3v) is 4.30. The number of hydrogen-bond acceptors (Lipinski definition) is 5. The number of piperidine rings is 1. The average molecular weight is 375 g/mol. The van der Waals surface area contributed by atoms with Crippen molar-refractivity contribution in [2.75, 3.05) is 16.8 Å². The third kappa shape index (κ3) is 4.58. The summed E-state index contributed by atoms with van der Waals surface area (Å²) in [6.45, 7) is -0.879. The first-order valence-electron chi connectivity index (χ1n) is 8.54. The Balaban J connectivity index is 1.69. The lowest BCUT2D eigenvalue weighted by molar-refractivity contribution is -0.120. The fourth-order valence-electron chi connectivity index (χ4n) is 2.94. The first-order valence-corrected chi connectivity index (χ1v) is 8.54. The molecule has 27 heavy (non-hydrogen) atoms. The smallest absolute Gasteiger partial charge is 0.387 e. The summed E-state index contributed by atoms with van der Waals surface area (Å²) in [5, 5.41) is 3.10. The van der Waals surface area contributed by atoms with Gasteiger partial charge in [-0.05, 0) is 56.2 Å². The number of halogens is 2. The largest absolute Gasteiger partial charge is 0.435 e. The van der Waals surface area contributed by atoms with E-state index < -0.39 is 12.7 Å². The lowest BCUT2D eigenvalue weighted by Crippen LogP contribution is -2.47. The minimum absolute atomic E-state index is 0.0441. The third-order valence-electron chi connectivity index (χ3n) is 4.30. The summed E-state index contributed by atoms with van der Waals surface area (Å²) in [6, 6.07) is 8.85. The highest BCUT2D eigenvalue weighted by Gasteiger charge is 2.30. The van der Waals surface area contributed by atoms with Gasteiger partial charge in [0, 0.05) is 24.0 Å². The summed E-state index contributed by atoms with van der Waals surface area (Å²) in [5.74, 6) is 0.359. The number of benzene rings is 1. The highest BCUT2D eigenvalue weighted by molar-refractivity contribution is 5.99. The average Bonchev–Trinajstić information content (AvgIpc) is 2.64. The molecule has 1 aliphatic heterocycles. The molecule has 2 heterocycles. The molecule has 1 atom stereocenters. The summed E-state index contributed by atoms with van der Waals surface area (Å²) in [6.07, 6.45) is 2.90. The zero-order chi connectivity index (χ0) is 19.4. The van der Waals surface area contributed by atoms with E-state index in [9.17, 15) is 18.4 Å². The van der Waals surface area contributed by atoms with Crippen LogP contribution >= 0.6 is 0 Å². The molecule has 1 N–H and O–H groups in total. The Hall–Kier alpha value is -3.03. The van der Waals surface area contributed by atoms with Gasteiger partial charge in [0.05, 0.1) is 0 Å². The molecule has 0 radical (unpaired) electrons. The minimum Gasteiger partial charge on any atom is -0.435 e. The molecule has 142 valence electrons. The van der Waals surface area contributed by atoms with Crippen molar-refractivity contribution in [1.82, 2.24) is 4.98 Å². The van der Waals surface area contributed by atoms with Crippen LogP contribution in [0, 0.1) is 0 Å². The van der Waals surface area contributed by atoms with Crippen molar-refractivity contribution in [3.63, 3.8) is 0 Å². The van der Waals surface area contributed by atoms with E-state index in [-0.39, 0.29) is 17.4 Å². The van der Waals surface area contributed by atoms with E-state index in [1.165, 1.54) is 25.3 Å². The van der Waals surface area contributed by atoms with Crippen LogP contribution in [0.15, 0.2) is 42.6 Å². The number of pyridine rings is 1. The van der Waals surface area contributed by atoms with Gasteiger partial charge in [-0.25, -0.2) is 4.98 Å². The number of carbonyl (C=O) groups is 2. The summed E-state index contributed by atoms with van der Waals surface area (Å²) in [5.41, 5.74) is 1.12. The zero-order valence-corrected chi connectivity index (χ0v) is 14.7. The number of ether oxygens (including phenoxy) is 1. The first-order chi connectivity index (χ1) is 12.9. The first kappa shape index (κ1) is 18.8. The van der Waals surface area contributed by atoms with Crippen LogP contribution in [-0.2, 0) is 4.79 Å². The van der Waals surface area contributed by atoms with E-state index in [1.807, 2.05) is 0 Å². The summed E-state index contributed by atoms with van der Waals surface area (Å²) in [4.78, 5) is 29.9. The van der Waals surface area contributed by atoms with E-state index in [2.05, 4.69) is 15.0 Å². The standard InChI is InChI=1S/C19H19F2N3O3/c1-12(25)13-4-9-17(22-11-13)23-16-3-2-10-24(18(16)26)14-5-7-15(8-6-14)27-19(20)21/h4-9,11,16,19H,2-3,10H2,1H3,(H,22,23). The number of anilines is 2. The van der Waals surface area contributed by atoms with Crippen LogP contribution in [0.2, 0.25) is 0 Å². The molecule has 1 aliphatic rings. The molecule has 8 heteroatoms. The highest BCUT2D eigenvalue weighted by atomic mass is 19.3. The minimum atomic E-state index is -2.89. The quantitative estimate of drug-likeness (QED) is 0.783. The van der Waals surface area contributed by atoms with E-state index in [0.717, 1.165) is 6.42 Å². The van der Waals surface area contributed by atoms with E-state index >= 15 is 0 Å². The van der Waals surface area contributed by atoms with Gasteiger partial charge in [-0.15, -0.1) is 0 Å². The SMILES string of the molecule is CC(=O)c1ccc(NC2CCCN(c3ccc(OC(F)F)cc3)C2=O)nc1. The van der Waals surface area contributed by atoms with E-state index in [4.69, 9.17) is 0 Å². The number of ketones is 1. The van der Waals surface area contributed by atoms with Gasteiger partial charge in [0.15, 0.2) is 5.78 Å². The Labute approximate surface area is 155 Å². The van der Waals surface area contributed by atoms with Crippen LogP contribution < -0.4 is 15.0 Å². The summed E-state index contributed by atoms with van der Waals surface area (Å²) < 4.78 is 28.8. The molecule has 0 saturated carbocycles. The van der Waals surface area contributed by atoms with Crippen LogP contribution in [0.3, 0.4) is 0 Å². The molecular formula is C19H19F2N3O3. The van der Waals surface area contributed by atoms with Crippen molar-refractivity contribution >= 4 is 23.2 Å². The molecule has 0 spiro atoms. The van der Waals surface area contributed by atoms with Gasteiger partial charge < -0.3 is 15.0 Å². The predicted octanol–water partition coefficient (Wildman–Crippen LogP) is 3.49. The molecular weight excluding hydrogens is 356 g/mol. The Bertz CT molecular complexity index is 810. The molecule has 1 unspecified atom stereocenters. The lowest BCUT2D eigenvalue weighted by atomic mass is 10.0. The van der Waals surface area contributed by atoms with Gasteiger partial charge in [0.2, 0.25) is 5.91 Å². The van der Waals surface area contributed by atoms with Crippen molar-refractivity contribution in [1.29, 1.82) is 0 Å².